The summed E-state index contributed by atoms with van der Waals surface area (Å²) in [5.74, 6) is 0. The van der Waals surface area contributed by atoms with Gasteiger partial charge in [0.2, 0.25) is 0 Å². The van der Waals surface area contributed by atoms with Gasteiger partial charge in [0.1, 0.15) is 5.54 Å². The summed E-state index contributed by atoms with van der Waals surface area (Å²) in [6.45, 7) is 1.16. The van der Waals surface area contributed by atoms with Crippen LogP contribution in [0.4, 0.5) is 0 Å². The van der Waals surface area contributed by atoms with E-state index in [1.807, 2.05) is 0 Å². The van der Waals surface area contributed by atoms with Crippen LogP contribution in [0, 0.1) is 11.3 Å². The van der Waals surface area contributed by atoms with Crippen molar-refractivity contribution >= 4 is 10.2 Å². The standard InChI is InChI=1S/C12H21N3O2S/c13-11-12(7-3-1-4-8-12)14-18(16,17)15-9-5-2-6-10-15/h14H,1-10H2. The van der Waals surface area contributed by atoms with Crippen molar-refractivity contribution in [1.29, 1.82) is 5.26 Å². The smallest absolute Gasteiger partial charge is 0.196 e. The summed E-state index contributed by atoms with van der Waals surface area (Å²) < 4.78 is 28.7. The minimum atomic E-state index is -3.49. The van der Waals surface area contributed by atoms with Crippen LogP contribution in [-0.2, 0) is 10.2 Å². The topological polar surface area (TPSA) is 73.2 Å². The highest BCUT2D eigenvalue weighted by Gasteiger charge is 2.38. The molecule has 0 aromatic heterocycles. The SMILES string of the molecule is N#CC1(NS(=O)(=O)N2CCCCC2)CCCCC1. The number of nitriles is 1. The van der Waals surface area contributed by atoms with E-state index in [1.54, 1.807) is 0 Å². The predicted molar refractivity (Wildman–Crippen MR) is 68.9 cm³/mol. The van der Waals surface area contributed by atoms with Gasteiger partial charge in [0.25, 0.3) is 10.2 Å². The fourth-order valence-corrected chi connectivity index (χ4v) is 4.42. The van der Waals surface area contributed by atoms with E-state index >= 15 is 0 Å². The monoisotopic (exact) mass is 271 g/mol. The van der Waals surface area contributed by atoms with Gasteiger partial charge in [0.05, 0.1) is 6.07 Å². The molecule has 1 N–H and O–H groups in total. The molecule has 0 radical (unpaired) electrons. The Morgan fingerprint density at radius 2 is 1.56 bits per heavy atom. The van der Waals surface area contributed by atoms with Crippen LogP contribution in [-0.4, -0.2) is 31.4 Å². The molecule has 0 atom stereocenters. The summed E-state index contributed by atoms with van der Waals surface area (Å²) in [6, 6.07) is 2.20. The number of hydrogen-bond acceptors (Lipinski definition) is 3. The number of piperidine rings is 1. The van der Waals surface area contributed by atoms with Crippen molar-refractivity contribution in [1.82, 2.24) is 9.03 Å². The Balaban J connectivity index is 2.08. The molecule has 0 spiro atoms. The Bertz CT molecular complexity index is 415. The third-order valence-electron chi connectivity index (χ3n) is 3.90. The highest BCUT2D eigenvalue weighted by Crippen LogP contribution is 2.29. The van der Waals surface area contributed by atoms with Crippen molar-refractivity contribution in [2.45, 2.75) is 56.9 Å². The van der Waals surface area contributed by atoms with Crippen LogP contribution in [0.2, 0.25) is 0 Å². The average Bonchev–Trinajstić information content (AvgIpc) is 2.40. The van der Waals surface area contributed by atoms with Crippen LogP contribution >= 0.6 is 0 Å². The maximum Gasteiger partial charge on any atom is 0.280 e. The predicted octanol–water partition coefficient (Wildman–Crippen LogP) is 1.53. The molecule has 1 aliphatic heterocycles. The fourth-order valence-electron chi connectivity index (χ4n) is 2.81. The van der Waals surface area contributed by atoms with E-state index in [4.69, 9.17) is 0 Å². The molecule has 2 fully saturated rings. The first-order valence-corrected chi connectivity index (χ1v) is 8.22. The second-order valence-corrected chi connectivity index (χ2v) is 6.99. The van der Waals surface area contributed by atoms with Crippen LogP contribution in [0.15, 0.2) is 0 Å². The van der Waals surface area contributed by atoms with Gasteiger partial charge in [-0.3, -0.25) is 0 Å². The summed E-state index contributed by atoms with van der Waals surface area (Å²) in [5, 5.41) is 9.31. The summed E-state index contributed by atoms with van der Waals surface area (Å²) in [6.07, 6.45) is 7.14. The molecule has 2 rings (SSSR count). The van der Waals surface area contributed by atoms with Gasteiger partial charge in [0.15, 0.2) is 0 Å². The van der Waals surface area contributed by atoms with Crippen LogP contribution in [0.25, 0.3) is 0 Å². The van der Waals surface area contributed by atoms with Crippen molar-refractivity contribution in [2.24, 2.45) is 0 Å². The molecule has 0 unspecified atom stereocenters. The first-order chi connectivity index (χ1) is 8.58. The Hall–Kier alpha value is -0.640. The molecule has 1 heterocycles. The molecule has 6 heteroatoms. The third-order valence-corrected chi connectivity index (χ3v) is 5.59. The Kier molecular flexibility index (Phi) is 4.25. The molecule has 1 saturated carbocycles. The summed E-state index contributed by atoms with van der Waals surface area (Å²) in [4.78, 5) is 0. The van der Waals surface area contributed by atoms with E-state index in [0.717, 1.165) is 38.5 Å². The summed E-state index contributed by atoms with van der Waals surface area (Å²) >= 11 is 0. The lowest BCUT2D eigenvalue weighted by Gasteiger charge is -2.34. The van der Waals surface area contributed by atoms with Gasteiger partial charge >= 0.3 is 0 Å². The van der Waals surface area contributed by atoms with Crippen LogP contribution in [0.1, 0.15) is 51.4 Å². The summed E-state index contributed by atoms with van der Waals surface area (Å²) in [5.41, 5.74) is -0.867. The quantitative estimate of drug-likeness (QED) is 0.846. The van der Waals surface area contributed by atoms with E-state index in [2.05, 4.69) is 10.8 Å². The second kappa shape index (κ2) is 5.55. The lowest BCUT2D eigenvalue weighted by Crippen LogP contribution is -2.54. The van der Waals surface area contributed by atoms with Crippen LogP contribution < -0.4 is 4.72 Å². The van der Waals surface area contributed by atoms with Gasteiger partial charge in [-0.15, -0.1) is 0 Å². The lowest BCUT2D eigenvalue weighted by molar-refractivity contribution is 0.305. The van der Waals surface area contributed by atoms with Crippen molar-refractivity contribution in [3.8, 4) is 6.07 Å². The van der Waals surface area contributed by atoms with Crippen LogP contribution in [0.3, 0.4) is 0 Å². The number of hydrogen-bond donors (Lipinski definition) is 1. The molecule has 102 valence electrons. The highest BCUT2D eigenvalue weighted by molar-refractivity contribution is 7.87. The zero-order chi connectivity index (χ0) is 13.1. The minimum Gasteiger partial charge on any atom is -0.196 e. The van der Waals surface area contributed by atoms with E-state index < -0.39 is 15.7 Å². The number of nitrogens with zero attached hydrogens (tertiary/aromatic N) is 2. The maximum atomic E-state index is 12.3. The number of rotatable bonds is 3. The molecule has 0 bridgehead atoms. The summed E-state index contributed by atoms with van der Waals surface area (Å²) in [7, 11) is -3.49. The molecule has 0 amide bonds. The van der Waals surface area contributed by atoms with Gasteiger partial charge in [-0.25, -0.2) is 0 Å². The zero-order valence-electron chi connectivity index (χ0n) is 10.7. The van der Waals surface area contributed by atoms with E-state index in [-0.39, 0.29) is 0 Å². The first-order valence-electron chi connectivity index (χ1n) is 6.78. The molecule has 18 heavy (non-hydrogen) atoms. The lowest BCUT2D eigenvalue weighted by atomic mass is 9.84. The Morgan fingerprint density at radius 3 is 2.11 bits per heavy atom. The van der Waals surface area contributed by atoms with Crippen molar-refractivity contribution in [2.75, 3.05) is 13.1 Å². The Labute approximate surface area is 109 Å². The van der Waals surface area contributed by atoms with E-state index in [9.17, 15) is 13.7 Å². The first kappa shape index (κ1) is 13.8. The maximum absolute atomic E-state index is 12.3. The minimum absolute atomic E-state index is 0.580. The highest BCUT2D eigenvalue weighted by atomic mass is 32.2. The third kappa shape index (κ3) is 3.02. The van der Waals surface area contributed by atoms with Crippen molar-refractivity contribution in [3.63, 3.8) is 0 Å². The molecule has 5 nitrogen and oxygen atoms in total. The van der Waals surface area contributed by atoms with Crippen LogP contribution in [0.5, 0.6) is 0 Å². The fraction of sp³-hybridized carbons (Fsp3) is 0.917. The zero-order valence-corrected chi connectivity index (χ0v) is 11.5. The van der Waals surface area contributed by atoms with Gasteiger partial charge in [-0.05, 0) is 25.7 Å². The molecule has 2 aliphatic rings. The van der Waals surface area contributed by atoms with Gasteiger partial charge < -0.3 is 0 Å². The molecular formula is C12H21N3O2S. The Morgan fingerprint density at radius 1 is 1.00 bits per heavy atom. The number of nitrogens with one attached hydrogen (secondary N) is 1. The van der Waals surface area contributed by atoms with Crippen molar-refractivity contribution in [3.05, 3.63) is 0 Å². The molecule has 0 aromatic carbocycles. The van der Waals surface area contributed by atoms with Gasteiger partial charge in [0, 0.05) is 13.1 Å². The largest absolute Gasteiger partial charge is 0.280 e. The van der Waals surface area contributed by atoms with Crippen molar-refractivity contribution < 1.29 is 8.42 Å². The van der Waals surface area contributed by atoms with Gasteiger partial charge in [-0.2, -0.15) is 22.7 Å². The van der Waals surface area contributed by atoms with Gasteiger partial charge in [-0.1, -0.05) is 25.7 Å². The molecule has 1 aliphatic carbocycles. The van der Waals surface area contributed by atoms with E-state index in [0.29, 0.717) is 25.9 Å². The normalized spacial score (nSPS) is 25.5. The average molecular weight is 271 g/mol. The molecule has 1 saturated heterocycles. The molecular weight excluding hydrogens is 250 g/mol. The van der Waals surface area contributed by atoms with E-state index in [1.165, 1.54) is 4.31 Å². The second-order valence-electron chi connectivity index (χ2n) is 5.32. The molecule has 0 aromatic rings.